The molecule has 0 bridgehead atoms. The SMILES string of the molecule is Cc1cc(OC(=O)[C@H]2CCCCN2C(=O)OC(C)(C)C)cc(C)c1N. The smallest absolute Gasteiger partial charge is 0.411 e. The molecule has 0 unspecified atom stereocenters. The van der Waals surface area contributed by atoms with E-state index in [0.29, 0.717) is 24.4 Å². The fourth-order valence-corrected chi connectivity index (χ4v) is 2.89. The van der Waals surface area contributed by atoms with Crippen molar-refractivity contribution in [3.8, 4) is 5.75 Å². The van der Waals surface area contributed by atoms with Crippen LogP contribution < -0.4 is 10.5 Å². The molecule has 1 aliphatic rings. The summed E-state index contributed by atoms with van der Waals surface area (Å²) in [6.45, 7) is 9.65. The minimum Gasteiger partial charge on any atom is -0.444 e. The van der Waals surface area contributed by atoms with Crippen LogP contribution in [0.4, 0.5) is 10.5 Å². The number of aryl methyl sites for hydroxylation is 2. The molecule has 0 aliphatic carbocycles. The molecule has 1 aliphatic heterocycles. The predicted octanol–water partition coefficient (Wildman–Crippen LogP) is 3.58. The Balaban J connectivity index is 2.14. The summed E-state index contributed by atoms with van der Waals surface area (Å²) in [4.78, 5) is 26.5. The van der Waals surface area contributed by atoms with Gasteiger partial charge in [0.05, 0.1) is 0 Å². The van der Waals surface area contributed by atoms with Crippen LogP contribution in [0, 0.1) is 13.8 Å². The molecule has 6 heteroatoms. The summed E-state index contributed by atoms with van der Waals surface area (Å²) >= 11 is 0. The highest BCUT2D eigenvalue weighted by atomic mass is 16.6. The first-order valence-corrected chi connectivity index (χ1v) is 8.66. The number of hydrogen-bond acceptors (Lipinski definition) is 5. The topological polar surface area (TPSA) is 81.9 Å². The van der Waals surface area contributed by atoms with Crippen molar-refractivity contribution in [2.45, 2.75) is 65.5 Å². The Morgan fingerprint density at radius 1 is 1.16 bits per heavy atom. The van der Waals surface area contributed by atoms with Crippen LogP contribution in [0.15, 0.2) is 12.1 Å². The van der Waals surface area contributed by atoms with Crippen molar-refractivity contribution in [3.05, 3.63) is 23.3 Å². The van der Waals surface area contributed by atoms with Gasteiger partial charge in [0, 0.05) is 12.2 Å². The minimum atomic E-state index is -0.623. The van der Waals surface area contributed by atoms with E-state index >= 15 is 0 Å². The Morgan fingerprint density at radius 3 is 2.32 bits per heavy atom. The molecule has 0 aromatic heterocycles. The number of nitrogen functional groups attached to an aromatic ring is 1. The maximum atomic E-state index is 12.7. The van der Waals surface area contributed by atoms with Crippen LogP contribution in [0.2, 0.25) is 0 Å². The molecule has 1 saturated heterocycles. The third-order valence-corrected chi connectivity index (χ3v) is 4.19. The number of esters is 1. The van der Waals surface area contributed by atoms with Crippen molar-refractivity contribution in [2.24, 2.45) is 0 Å². The maximum Gasteiger partial charge on any atom is 0.411 e. The summed E-state index contributed by atoms with van der Waals surface area (Å²) in [5.74, 6) is 0.0121. The van der Waals surface area contributed by atoms with Crippen molar-refractivity contribution >= 4 is 17.7 Å². The number of likely N-dealkylation sites (tertiary alicyclic amines) is 1. The normalized spacial score (nSPS) is 18.0. The molecular formula is C19H28N2O4. The molecule has 0 saturated carbocycles. The van der Waals surface area contributed by atoms with Gasteiger partial charge in [-0.2, -0.15) is 0 Å². The molecule has 2 N–H and O–H groups in total. The van der Waals surface area contributed by atoms with Gasteiger partial charge < -0.3 is 15.2 Å². The molecule has 25 heavy (non-hydrogen) atoms. The first-order valence-electron chi connectivity index (χ1n) is 8.66. The number of nitrogens with zero attached hydrogens (tertiary/aromatic N) is 1. The van der Waals surface area contributed by atoms with Crippen LogP contribution in [-0.4, -0.2) is 35.2 Å². The van der Waals surface area contributed by atoms with Crippen LogP contribution in [0.5, 0.6) is 5.75 Å². The number of piperidine rings is 1. The lowest BCUT2D eigenvalue weighted by molar-refractivity contribution is -0.141. The first kappa shape index (κ1) is 19.1. The Kier molecular flexibility index (Phi) is 5.60. The van der Waals surface area contributed by atoms with Gasteiger partial charge >= 0.3 is 12.1 Å². The van der Waals surface area contributed by atoms with Gasteiger partial charge in [0.2, 0.25) is 0 Å². The van der Waals surface area contributed by atoms with Crippen molar-refractivity contribution in [1.29, 1.82) is 0 Å². The van der Waals surface area contributed by atoms with Crippen molar-refractivity contribution < 1.29 is 19.1 Å². The standard InChI is InChI=1S/C19H28N2O4/c1-12-10-14(11-13(2)16(12)20)24-17(22)15-8-6-7-9-21(15)18(23)25-19(3,4)5/h10-11,15H,6-9,20H2,1-5H3/t15-/m1/s1. The van der Waals surface area contributed by atoms with Gasteiger partial charge in [0.1, 0.15) is 17.4 Å². The predicted molar refractivity (Wildman–Crippen MR) is 96.5 cm³/mol. The average molecular weight is 348 g/mol. The molecule has 1 aromatic rings. The zero-order chi connectivity index (χ0) is 18.8. The lowest BCUT2D eigenvalue weighted by Gasteiger charge is -2.35. The highest BCUT2D eigenvalue weighted by Gasteiger charge is 2.36. The van der Waals surface area contributed by atoms with Gasteiger partial charge in [-0.3, -0.25) is 4.90 Å². The van der Waals surface area contributed by atoms with E-state index in [1.165, 1.54) is 4.90 Å². The Labute approximate surface area is 149 Å². The second-order valence-electron chi connectivity index (χ2n) is 7.58. The van der Waals surface area contributed by atoms with E-state index < -0.39 is 23.7 Å². The molecule has 0 spiro atoms. The second-order valence-corrected chi connectivity index (χ2v) is 7.58. The lowest BCUT2D eigenvalue weighted by atomic mass is 10.0. The molecule has 0 radical (unpaired) electrons. The van der Waals surface area contributed by atoms with Gasteiger partial charge in [-0.05, 0) is 77.1 Å². The molecule has 2 rings (SSSR count). The summed E-state index contributed by atoms with van der Waals surface area (Å²) in [6, 6.07) is 2.85. The fraction of sp³-hybridized carbons (Fsp3) is 0.579. The van der Waals surface area contributed by atoms with Crippen molar-refractivity contribution in [3.63, 3.8) is 0 Å². The van der Waals surface area contributed by atoms with Crippen LogP contribution in [-0.2, 0) is 9.53 Å². The quantitative estimate of drug-likeness (QED) is 0.502. The van der Waals surface area contributed by atoms with Crippen LogP contribution >= 0.6 is 0 Å². The zero-order valence-corrected chi connectivity index (χ0v) is 15.7. The van der Waals surface area contributed by atoms with E-state index in [-0.39, 0.29) is 0 Å². The van der Waals surface area contributed by atoms with E-state index in [1.807, 2.05) is 34.6 Å². The largest absolute Gasteiger partial charge is 0.444 e. The monoisotopic (exact) mass is 348 g/mol. The van der Waals surface area contributed by atoms with E-state index in [9.17, 15) is 9.59 Å². The molecule has 1 fully saturated rings. The lowest BCUT2D eigenvalue weighted by Crippen LogP contribution is -2.51. The first-order chi connectivity index (χ1) is 11.6. The third kappa shape index (κ3) is 4.87. The highest BCUT2D eigenvalue weighted by Crippen LogP contribution is 2.26. The molecule has 1 atom stereocenters. The summed E-state index contributed by atoms with van der Waals surface area (Å²) in [6.07, 6.45) is 1.83. The number of rotatable bonds is 2. The molecule has 1 aromatic carbocycles. The van der Waals surface area contributed by atoms with E-state index in [2.05, 4.69) is 0 Å². The van der Waals surface area contributed by atoms with Crippen LogP contribution in [0.3, 0.4) is 0 Å². The van der Waals surface area contributed by atoms with Gasteiger partial charge in [0.25, 0.3) is 0 Å². The number of amides is 1. The summed E-state index contributed by atoms with van der Waals surface area (Å²) in [5, 5.41) is 0. The summed E-state index contributed by atoms with van der Waals surface area (Å²) < 4.78 is 11.0. The number of carbonyl (C=O) groups is 2. The number of carbonyl (C=O) groups excluding carboxylic acids is 2. The molecule has 1 heterocycles. The van der Waals surface area contributed by atoms with E-state index in [1.54, 1.807) is 12.1 Å². The average Bonchev–Trinajstić information content (AvgIpc) is 2.50. The summed E-state index contributed by atoms with van der Waals surface area (Å²) in [5.41, 5.74) is 7.73. The molecule has 1 amide bonds. The number of ether oxygens (including phenoxy) is 2. The Bertz CT molecular complexity index is 641. The van der Waals surface area contributed by atoms with E-state index in [4.69, 9.17) is 15.2 Å². The minimum absolute atomic E-state index is 0.436. The number of nitrogens with two attached hydrogens (primary N) is 1. The number of benzene rings is 1. The van der Waals surface area contributed by atoms with E-state index in [0.717, 1.165) is 24.0 Å². The van der Waals surface area contributed by atoms with Gasteiger partial charge in [-0.15, -0.1) is 0 Å². The third-order valence-electron chi connectivity index (χ3n) is 4.19. The highest BCUT2D eigenvalue weighted by molar-refractivity contribution is 5.83. The molecule has 6 nitrogen and oxygen atoms in total. The van der Waals surface area contributed by atoms with Gasteiger partial charge in [-0.1, -0.05) is 0 Å². The fourth-order valence-electron chi connectivity index (χ4n) is 2.89. The van der Waals surface area contributed by atoms with Gasteiger partial charge in [0.15, 0.2) is 0 Å². The molecular weight excluding hydrogens is 320 g/mol. The molecule has 138 valence electrons. The second kappa shape index (κ2) is 7.33. The van der Waals surface area contributed by atoms with Crippen molar-refractivity contribution in [1.82, 2.24) is 4.90 Å². The maximum absolute atomic E-state index is 12.7. The number of anilines is 1. The Morgan fingerprint density at radius 2 is 1.76 bits per heavy atom. The van der Waals surface area contributed by atoms with Gasteiger partial charge in [-0.25, -0.2) is 9.59 Å². The number of hydrogen-bond donors (Lipinski definition) is 1. The summed E-state index contributed by atoms with van der Waals surface area (Å²) in [7, 11) is 0. The Hall–Kier alpha value is -2.24. The zero-order valence-electron chi connectivity index (χ0n) is 15.7. The van der Waals surface area contributed by atoms with Crippen LogP contribution in [0.25, 0.3) is 0 Å². The van der Waals surface area contributed by atoms with Crippen molar-refractivity contribution in [2.75, 3.05) is 12.3 Å². The van der Waals surface area contributed by atoms with Crippen LogP contribution in [0.1, 0.15) is 51.2 Å².